The molecule has 3 rings (SSSR count). The third kappa shape index (κ3) is 2.99. The molecule has 0 bridgehead atoms. The summed E-state index contributed by atoms with van der Waals surface area (Å²) in [6.07, 6.45) is 2.26. The van der Waals surface area contributed by atoms with Crippen LogP contribution in [0, 0.1) is 5.82 Å². The van der Waals surface area contributed by atoms with Crippen LogP contribution in [-0.4, -0.2) is 9.97 Å². The second kappa shape index (κ2) is 4.84. The Labute approximate surface area is 110 Å². The largest absolute Gasteiger partial charge is 0.384 e. The third-order valence-corrected chi connectivity index (χ3v) is 3.07. The molecule has 1 aliphatic rings. The van der Waals surface area contributed by atoms with Crippen molar-refractivity contribution in [1.82, 2.24) is 9.97 Å². The van der Waals surface area contributed by atoms with Crippen LogP contribution < -0.4 is 11.1 Å². The number of rotatable bonds is 4. The SMILES string of the molecule is Nc1cc(NCc2cccc(F)c2)nc(C2CC2)n1. The van der Waals surface area contributed by atoms with Crippen LogP contribution in [0.15, 0.2) is 30.3 Å². The number of hydrogen-bond acceptors (Lipinski definition) is 4. The monoisotopic (exact) mass is 258 g/mol. The van der Waals surface area contributed by atoms with Gasteiger partial charge in [0.25, 0.3) is 0 Å². The minimum Gasteiger partial charge on any atom is -0.384 e. The lowest BCUT2D eigenvalue weighted by Crippen LogP contribution is -2.06. The van der Waals surface area contributed by atoms with Gasteiger partial charge in [-0.2, -0.15) is 0 Å². The fraction of sp³-hybridized carbons (Fsp3) is 0.286. The molecule has 1 aromatic carbocycles. The molecule has 1 fully saturated rings. The molecular formula is C14H15FN4. The Bertz CT molecular complexity index is 596. The van der Waals surface area contributed by atoms with Crippen molar-refractivity contribution in [3.05, 3.63) is 47.5 Å². The zero-order valence-electron chi connectivity index (χ0n) is 10.4. The Kier molecular flexibility index (Phi) is 3.03. The topological polar surface area (TPSA) is 63.8 Å². The van der Waals surface area contributed by atoms with E-state index >= 15 is 0 Å². The van der Waals surface area contributed by atoms with Crippen LogP contribution in [0.1, 0.15) is 30.1 Å². The van der Waals surface area contributed by atoms with Gasteiger partial charge in [-0.25, -0.2) is 14.4 Å². The summed E-state index contributed by atoms with van der Waals surface area (Å²) in [7, 11) is 0. The maximum absolute atomic E-state index is 13.1. The maximum Gasteiger partial charge on any atom is 0.136 e. The molecule has 1 heterocycles. The first-order chi connectivity index (χ1) is 9.20. The normalized spacial score (nSPS) is 14.4. The predicted octanol–water partition coefficient (Wildman–Crippen LogP) is 2.69. The number of nitrogens with two attached hydrogens (primary N) is 1. The molecule has 5 heteroatoms. The molecule has 1 saturated carbocycles. The van der Waals surface area contributed by atoms with E-state index in [1.54, 1.807) is 12.1 Å². The summed E-state index contributed by atoms with van der Waals surface area (Å²) < 4.78 is 13.1. The molecule has 0 atom stereocenters. The summed E-state index contributed by atoms with van der Waals surface area (Å²) in [5.41, 5.74) is 6.63. The van der Waals surface area contributed by atoms with Gasteiger partial charge in [-0.1, -0.05) is 12.1 Å². The third-order valence-electron chi connectivity index (χ3n) is 3.07. The Morgan fingerprint density at radius 1 is 1.26 bits per heavy atom. The summed E-state index contributed by atoms with van der Waals surface area (Å²) in [6.45, 7) is 0.512. The first-order valence-corrected chi connectivity index (χ1v) is 6.33. The molecule has 0 radical (unpaired) electrons. The van der Waals surface area contributed by atoms with Gasteiger partial charge in [-0.05, 0) is 30.5 Å². The van der Waals surface area contributed by atoms with Crippen LogP contribution in [-0.2, 0) is 6.54 Å². The summed E-state index contributed by atoms with van der Waals surface area (Å²) in [5, 5.41) is 3.15. The van der Waals surface area contributed by atoms with Gasteiger partial charge in [-0.15, -0.1) is 0 Å². The molecule has 98 valence electrons. The van der Waals surface area contributed by atoms with Crippen LogP contribution in [0.2, 0.25) is 0 Å². The number of nitrogens with one attached hydrogen (secondary N) is 1. The standard InChI is InChI=1S/C14H15FN4/c15-11-3-1-2-9(6-11)8-17-13-7-12(16)18-14(19-13)10-4-5-10/h1-3,6-7,10H,4-5,8H2,(H3,16,17,18,19). The van der Waals surface area contributed by atoms with E-state index < -0.39 is 0 Å². The zero-order valence-corrected chi connectivity index (χ0v) is 10.4. The lowest BCUT2D eigenvalue weighted by Gasteiger charge is -2.08. The lowest BCUT2D eigenvalue weighted by molar-refractivity contribution is 0.626. The molecule has 0 saturated heterocycles. The minimum absolute atomic E-state index is 0.236. The predicted molar refractivity (Wildman–Crippen MR) is 72.1 cm³/mol. The smallest absolute Gasteiger partial charge is 0.136 e. The fourth-order valence-electron chi connectivity index (χ4n) is 1.94. The first kappa shape index (κ1) is 11.9. The van der Waals surface area contributed by atoms with Crippen LogP contribution in [0.3, 0.4) is 0 Å². The number of aromatic nitrogens is 2. The molecule has 1 aliphatic carbocycles. The Hall–Kier alpha value is -2.17. The molecule has 1 aromatic heterocycles. The van der Waals surface area contributed by atoms with E-state index in [0.29, 0.717) is 24.1 Å². The van der Waals surface area contributed by atoms with E-state index in [4.69, 9.17) is 5.73 Å². The summed E-state index contributed by atoms with van der Waals surface area (Å²) in [6, 6.07) is 8.18. The van der Waals surface area contributed by atoms with Crippen LogP contribution >= 0.6 is 0 Å². The molecule has 19 heavy (non-hydrogen) atoms. The van der Waals surface area contributed by atoms with Crippen molar-refractivity contribution < 1.29 is 4.39 Å². The van der Waals surface area contributed by atoms with Crippen LogP contribution in [0.4, 0.5) is 16.0 Å². The Morgan fingerprint density at radius 3 is 2.84 bits per heavy atom. The van der Waals surface area contributed by atoms with Crippen LogP contribution in [0.25, 0.3) is 0 Å². The zero-order chi connectivity index (χ0) is 13.2. The van der Waals surface area contributed by atoms with Crippen LogP contribution in [0.5, 0.6) is 0 Å². The molecule has 0 spiro atoms. The molecule has 0 aliphatic heterocycles. The molecule has 2 aromatic rings. The highest BCUT2D eigenvalue weighted by Gasteiger charge is 2.27. The van der Waals surface area contributed by atoms with Crippen molar-refractivity contribution in [2.24, 2.45) is 0 Å². The Balaban J connectivity index is 1.72. The minimum atomic E-state index is -0.236. The van der Waals surface area contributed by atoms with Crippen molar-refractivity contribution in [1.29, 1.82) is 0 Å². The highest BCUT2D eigenvalue weighted by molar-refractivity contribution is 5.45. The molecular weight excluding hydrogens is 243 g/mol. The van der Waals surface area contributed by atoms with Crippen molar-refractivity contribution in [3.63, 3.8) is 0 Å². The van der Waals surface area contributed by atoms with Gasteiger partial charge < -0.3 is 11.1 Å². The van der Waals surface area contributed by atoms with E-state index in [-0.39, 0.29) is 5.82 Å². The number of anilines is 2. The van der Waals surface area contributed by atoms with Gasteiger partial charge in [0.1, 0.15) is 23.3 Å². The average molecular weight is 258 g/mol. The molecule has 4 nitrogen and oxygen atoms in total. The fourth-order valence-corrected chi connectivity index (χ4v) is 1.94. The second-order valence-corrected chi connectivity index (χ2v) is 4.79. The van der Waals surface area contributed by atoms with Crippen molar-refractivity contribution in [2.75, 3.05) is 11.1 Å². The summed E-state index contributed by atoms with van der Waals surface area (Å²) >= 11 is 0. The van der Waals surface area contributed by atoms with E-state index in [0.717, 1.165) is 24.2 Å². The molecule has 3 N–H and O–H groups in total. The van der Waals surface area contributed by atoms with Crippen molar-refractivity contribution >= 4 is 11.6 Å². The summed E-state index contributed by atoms with van der Waals surface area (Å²) in [5.74, 6) is 2.19. The Morgan fingerprint density at radius 2 is 2.11 bits per heavy atom. The van der Waals surface area contributed by atoms with Crippen molar-refractivity contribution in [3.8, 4) is 0 Å². The summed E-state index contributed by atoms with van der Waals surface area (Å²) in [4.78, 5) is 8.67. The van der Waals surface area contributed by atoms with Gasteiger partial charge in [0, 0.05) is 18.5 Å². The van der Waals surface area contributed by atoms with Gasteiger partial charge in [-0.3, -0.25) is 0 Å². The van der Waals surface area contributed by atoms with Gasteiger partial charge >= 0.3 is 0 Å². The maximum atomic E-state index is 13.1. The van der Waals surface area contributed by atoms with Crippen molar-refractivity contribution in [2.45, 2.75) is 25.3 Å². The highest BCUT2D eigenvalue weighted by Crippen LogP contribution is 2.38. The van der Waals surface area contributed by atoms with Gasteiger partial charge in [0.2, 0.25) is 0 Å². The number of hydrogen-bond donors (Lipinski definition) is 2. The van der Waals surface area contributed by atoms with E-state index in [9.17, 15) is 4.39 Å². The van der Waals surface area contributed by atoms with Gasteiger partial charge in [0.15, 0.2) is 0 Å². The first-order valence-electron chi connectivity index (χ1n) is 6.33. The van der Waals surface area contributed by atoms with E-state index in [1.807, 2.05) is 6.07 Å². The number of nitrogen functional groups attached to an aromatic ring is 1. The number of halogens is 1. The second-order valence-electron chi connectivity index (χ2n) is 4.79. The highest BCUT2D eigenvalue weighted by atomic mass is 19.1. The quantitative estimate of drug-likeness (QED) is 0.885. The molecule has 0 unspecified atom stereocenters. The van der Waals surface area contributed by atoms with Gasteiger partial charge in [0.05, 0.1) is 0 Å². The lowest BCUT2D eigenvalue weighted by atomic mass is 10.2. The number of nitrogens with zero attached hydrogens (tertiary/aromatic N) is 2. The van der Waals surface area contributed by atoms with E-state index in [1.165, 1.54) is 12.1 Å². The van der Waals surface area contributed by atoms with E-state index in [2.05, 4.69) is 15.3 Å². The average Bonchev–Trinajstić information content (AvgIpc) is 3.20. The number of benzene rings is 1. The molecule has 0 amide bonds.